The highest BCUT2D eigenvalue weighted by Crippen LogP contribution is 2.28. The van der Waals surface area contributed by atoms with E-state index >= 15 is 0 Å². The van der Waals surface area contributed by atoms with Crippen molar-refractivity contribution in [2.75, 3.05) is 5.73 Å². The van der Waals surface area contributed by atoms with E-state index in [0.717, 1.165) is 19.3 Å². The van der Waals surface area contributed by atoms with Gasteiger partial charge in [-0.2, -0.15) is 0 Å². The predicted octanol–water partition coefficient (Wildman–Crippen LogP) is 1.35. The topological polar surface area (TPSA) is 80.9 Å². The fraction of sp³-hybridized carbons (Fsp3) is 0.333. The number of carbonyl (C=O) groups is 1. The maximum absolute atomic E-state index is 12.1. The van der Waals surface area contributed by atoms with Crippen molar-refractivity contribution in [1.29, 1.82) is 0 Å². The number of H-pyrrole nitrogens is 1. The molecule has 1 fully saturated rings. The minimum atomic E-state index is -0.373. The third-order valence-corrected chi connectivity index (χ3v) is 3.38. The van der Waals surface area contributed by atoms with Gasteiger partial charge in [-0.3, -0.25) is 4.79 Å². The van der Waals surface area contributed by atoms with E-state index in [1.54, 1.807) is 18.2 Å². The van der Waals surface area contributed by atoms with Crippen molar-refractivity contribution >= 4 is 22.6 Å². The van der Waals surface area contributed by atoms with Gasteiger partial charge in [-0.1, -0.05) is 6.42 Å². The Labute approximate surface area is 97.2 Å². The van der Waals surface area contributed by atoms with E-state index in [-0.39, 0.29) is 17.5 Å². The summed E-state index contributed by atoms with van der Waals surface area (Å²) in [5.41, 5.74) is 7.09. The number of carbonyl (C=O) groups excluding carboxylic acids is 1. The van der Waals surface area contributed by atoms with Crippen LogP contribution in [-0.4, -0.2) is 15.5 Å². The van der Waals surface area contributed by atoms with Gasteiger partial charge in [0.05, 0.1) is 11.0 Å². The molecule has 0 aliphatic heterocycles. The standard InChI is InChI=1S/C12H13N3O2/c13-8-4-5-9-10(6-8)15(12(17)14-9)11(16)7-2-1-3-7/h4-7H,1-3,13H2,(H,14,17). The van der Waals surface area contributed by atoms with Crippen LogP contribution in [0.2, 0.25) is 0 Å². The Bertz CT molecular complexity index is 649. The van der Waals surface area contributed by atoms with Gasteiger partial charge in [0.15, 0.2) is 0 Å². The molecule has 0 unspecified atom stereocenters. The van der Waals surface area contributed by atoms with Crippen LogP contribution in [-0.2, 0) is 0 Å². The predicted molar refractivity (Wildman–Crippen MR) is 64.9 cm³/mol. The van der Waals surface area contributed by atoms with Crippen LogP contribution >= 0.6 is 0 Å². The molecule has 1 aromatic carbocycles. The molecule has 1 heterocycles. The van der Waals surface area contributed by atoms with Crippen LogP contribution in [0.3, 0.4) is 0 Å². The van der Waals surface area contributed by atoms with Crippen LogP contribution in [0.15, 0.2) is 23.0 Å². The van der Waals surface area contributed by atoms with E-state index in [4.69, 9.17) is 5.73 Å². The Morgan fingerprint density at radius 3 is 2.82 bits per heavy atom. The average Bonchev–Trinajstić information content (AvgIpc) is 2.50. The molecular formula is C12H13N3O2. The van der Waals surface area contributed by atoms with Crippen LogP contribution in [0.4, 0.5) is 5.69 Å². The van der Waals surface area contributed by atoms with E-state index in [1.807, 2.05) is 0 Å². The van der Waals surface area contributed by atoms with Crippen LogP contribution in [0.5, 0.6) is 0 Å². The largest absolute Gasteiger partial charge is 0.399 e. The number of nitrogens with zero attached hydrogens (tertiary/aromatic N) is 1. The molecule has 1 aromatic heterocycles. The van der Waals surface area contributed by atoms with Gasteiger partial charge in [-0.25, -0.2) is 9.36 Å². The molecule has 5 nitrogen and oxygen atoms in total. The number of rotatable bonds is 1. The Morgan fingerprint density at radius 2 is 2.18 bits per heavy atom. The SMILES string of the molecule is Nc1ccc2[nH]c(=O)n(C(=O)C3CCC3)c2c1. The summed E-state index contributed by atoms with van der Waals surface area (Å²) in [4.78, 5) is 26.6. The first-order chi connectivity index (χ1) is 8.16. The second-order valence-corrected chi connectivity index (χ2v) is 4.51. The van der Waals surface area contributed by atoms with Crippen molar-refractivity contribution in [2.45, 2.75) is 19.3 Å². The zero-order valence-electron chi connectivity index (χ0n) is 9.27. The fourth-order valence-electron chi connectivity index (χ4n) is 2.18. The number of nitrogens with one attached hydrogen (secondary N) is 1. The summed E-state index contributed by atoms with van der Waals surface area (Å²) in [6.07, 6.45) is 2.82. The highest BCUT2D eigenvalue weighted by atomic mass is 16.2. The summed E-state index contributed by atoms with van der Waals surface area (Å²) < 4.78 is 1.22. The third-order valence-electron chi connectivity index (χ3n) is 3.38. The lowest BCUT2D eigenvalue weighted by Crippen LogP contribution is -2.33. The van der Waals surface area contributed by atoms with Gasteiger partial charge in [0.2, 0.25) is 5.91 Å². The van der Waals surface area contributed by atoms with Crippen LogP contribution in [0.1, 0.15) is 24.1 Å². The summed E-state index contributed by atoms with van der Waals surface area (Å²) >= 11 is 0. The monoisotopic (exact) mass is 231 g/mol. The summed E-state index contributed by atoms with van der Waals surface area (Å²) in [5, 5.41) is 0. The molecule has 3 N–H and O–H groups in total. The van der Waals surface area contributed by atoms with E-state index in [9.17, 15) is 9.59 Å². The molecule has 88 valence electrons. The first-order valence-corrected chi connectivity index (χ1v) is 5.71. The number of hydrogen-bond donors (Lipinski definition) is 2. The Hall–Kier alpha value is -2.04. The molecular weight excluding hydrogens is 218 g/mol. The van der Waals surface area contributed by atoms with Crippen molar-refractivity contribution in [1.82, 2.24) is 9.55 Å². The van der Waals surface area contributed by atoms with Crippen LogP contribution < -0.4 is 11.4 Å². The number of fused-ring (bicyclic) bond motifs is 1. The molecule has 2 aromatic rings. The van der Waals surface area contributed by atoms with Gasteiger partial charge in [0, 0.05) is 11.6 Å². The van der Waals surface area contributed by atoms with Crippen molar-refractivity contribution in [3.63, 3.8) is 0 Å². The molecule has 0 amide bonds. The summed E-state index contributed by atoms with van der Waals surface area (Å²) in [6.45, 7) is 0. The first-order valence-electron chi connectivity index (χ1n) is 5.71. The molecule has 1 aliphatic carbocycles. The number of hydrogen-bond acceptors (Lipinski definition) is 3. The number of aromatic amines is 1. The quantitative estimate of drug-likeness (QED) is 0.727. The number of aromatic nitrogens is 2. The highest BCUT2D eigenvalue weighted by Gasteiger charge is 2.28. The van der Waals surface area contributed by atoms with Crippen LogP contribution in [0, 0.1) is 5.92 Å². The summed E-state index contributed by atoms with van der Waals surface area (Å²) in [6, 6.07) is 5.08. The smallest absolute Gasteiger partial charge is 0.333 e. The maximum Gasteiger partial charge on any atom is 0.333 e. The molecule has 1 aliphatic rings. The zero-order valence-corrected chi connectivity index (χ0v) is 9.27. The minimum absolute atomic E-state index is 0.00636. The van der Waals surface area contributed by atoms with Gasteiger partial charge < -0.3 is 10.7 Å². The average molecular weight is 231 g/mol. The number of nitrogens with two attached hydrogens (primary N) is 1. The number of benzene rings is 1. The van der Waals surface area contributed by atoms with Crippen LogP contribution in [0.25, 0.3) is 11.0 Å². The molecule has 5 heteroatoms. The van der Waals surface area contributed by atoms with Gasteiger partial charge in [0.25, 0.3) is 0 Å². The van der Waals surface area contributed by atoms with Crippen molar-refractivity contribution in [2.24, 2.45) is 5.92 Å². The zero-order chi connectivity index (χ0) is 12.0. The normalized spacial score (nSPS) is 16.0. The fourth-order valence-corrected chi connectivity index (χ4v) is 2.18. The second kappa shape index (κ2) is 3.48. The molecule has 17 heavy (non-hydrogen) atoms. The second-order valence-electron chi connectivity index (χ2n) is 4.51. The number of imidazole rings is 1. The summed E-state index contributed by atoms with van der Waals surface area (Å²) in [5.74, 6) is -0.119. The minimum Gasteiger partial charge on any atom is -0.399 e. The molecule has 0 bridgehead atoms. The maximum atomic E-state index is 12.1. The van der Waals surface area contributed by atoms with Gasteiger partial charge in [-0.05, 0) is 31.0 Å². The van der Waals surface area contributed by atoms with Crippen molar-refractivity contribution in [3.05, 3.63) is 28.7 Å². The first kappa shape index (κ1) is 10.1. The molecule has 1 saturated carbocycles. The lowest BCUT2D eigenvalue weighted by atomic mass is 9.85. The van der Waals surface area contributed by atoms with Crippen molar-refractivity contribution in [3.8, 4) is 0 Å². The number of nitrogen functional groups attached to an aromatic ring is 1. The molecule has 0 radical (unpaired) electrons. The van der Waals surface area contributed by atoms with E-state index < -0.39 is 0 Å². The van der Waals surface area contributed by atoms with Crippen molar-refractivity contribution < 1.29 is 4.79 Å². The van der Waals surface area contributed by atoms with E-state index in [1.165, 1.54) is 4.57 Å². The molecule has 0 saturated heterocycles. The van der Waals surface area contributed by atoms with Gasteiger partial charge >= 0.3 is 5.69 Å². The number of anilines is 1. The Morgan fingerprint density at radius 1 is 1.41 bits per heavy atom. The Balaban J connectivity index is 2.20. The Kier molecular flexibility index (Phi) is 2.07. The van der Waals surface area contributed by atoms with E-state index in [2.05, 4.69) is 4.98 Å². The lowest BCUT2D eigenvalue weighted by molar-refractivity contribution is 0.0766. The molecule has 0 atom stereocenters. The lowest BCUT2D eigenvalue weighted by Gasteiger charge is -2.23. The molecule has 3 rings (SSSR count). The summed E-state index contributed by atoms with van der Waals surface area (Å²) in [7, 11) is 0. The van der Waals surface area contributed by atoms with E-state index in [0.29, 0.717) is 16.7 Å². The highest BCUT2D eigenvalue weighted by molar-refractivity contribution is 5.92. The molecule has 0 spiro atoms. The van der Waals surface area contributed by atoms with Gasteiger partial charge in [0.1, 0.15) is 0 Å². The third kappa shape index (κ3) is 1.46. The van der Waals surface area contributed by atoms with Gasteiger partial charge in [-0.15, -0.1) is 0 Å².